The molecule has 0 atom stereocenters. The van der Waals surface area contributed by atoms with Crippen LogP contribution in [-0.2, 0) is 6.67 Å². The molecule has 24 heavy (non-hydrogen) atoms. The summed E-state index contributed by atoms with van der Waals surface area (Å²) in [6.45, 7) is 0.112. The van der Waals surface area contributed by atoms with Gasteiger partial charge < -0.3 is 5.32 Å². The zero-order valence-corrected chi connectivity index (χ0v) is 12.2. The van der Waals surface area contributed by atoms with E-state index in [4.69, 9.17) is 0 Å². The number of aromatic nitrogens is 4. The van der Waals surface area contributed by atoms with Gasteiger partial charge in [-0.05, 0) is 24.3 Å². The van der Waals surface area contributed by atoms with Crippen LogP contribution in [-0.4, -0.2) is 30.4 Å². The third-order valence-corrected chi connectivity index (χ3v) is 3.08. The van der Waals surface area contributed by atoms with Gasteiger partial charge in [0.05, 0.1) is 4.92 Å². The second-order valence-corrected chi connectivity index (χ2v) is 4.84. The Morgan fingerprint density at radius 3 is 2.88 bits per heavy atom. The van der Waals surface area contributed by atoms with Crippen LogP contribution in [0.25, 0.3) is 0 Å². The Morgan fingerprint density at radius 1 is 1.33 bits per heavy atom. The normalized spacial score (nSPS) is 10.5. The Morgan fingerprint density at radius 2 is 2.17 bits per heavy atom. The minimum Gasteiger partial charge on any atom is -0.320 e. The molecule has 10 heteroatoms. The maximum Gasteiger partial charge on any atom is 0.307 e. The number of carbonyl (C=O) groups is 1. The van der Waals surface area contributed by atoms with E-state index in [1.165, 1.54) is 46.0 Å². The first kappa shape index (κ1) is 15.3. The smallest absolute Gasteiger partial charge is 0.307 e. The molecule has 1 amide bonds. The van der Waals surface area contributed by atoms with E-state index in [1.807, 2.05) is 0 Å². The molecule has 9 nitrogen and oxygen atoms in total. The topological polar surface area (TPSA) is 108 Å². The van der Waals surface area contributed by atoms with Gasteiger partial charge in [0.15, 0.2) is 5.69 Å². The van der Waals surface area contributed by atoms with Crippen LogP contribution in [0.2, 0.25) is 0 Å². The lowest BCUT2D eigenvalue weighted by Gasteiger charge is -2.03. The van der Waals surface area contributed by atoms with Crippen molar-refractivity contribution in [3.8, 4) is 0 Å². The standard InChI is InChI=1S/C14H11FN6O3/c15-10-2-1-3-11(6-10)17-14(22)13-4-5-19(18-13)9-20-8-12(7-16-20)21(23)24/h1-8H,9H2,(H,17,22). The Hall–Kier alpha value is -3.56. The zero-order valence-electron chi connectivity index (χ0n) is 12.2. The Balaban J connectivity index is 1.68. The van der Waals surface area contributed by atoms with Crippen molar-refractivity contribution < 1.29 is 14.1 Å². The van der Waals surface area contributed by atoms with Gasteiger partial charge in [0.2, 0.25) is 0 Å². The van der Waals surface area contributed by atoms with E-state index in [-0.39, 0.29) is 18.1 Å². The lowest BCUT2D eigenvalue weighted by atomic mass is 10.3. The van der Waals surface area contributed by atoms with Gasteiger partial charge in [-0.25, -0.2) is 9.07 Å². The molecule has 0 saturated heterocycles. The molecule has 0 saturated carbocycles. The molecule has 2 aromatic heterocycles. The summed E-state index contributed by atoms with van der Waals surface area (Å²) in [6, 6.07) is 6.98. The van der Waals surface area contributed by atoms with E-state index < -0.39 is 16.6 Å². The van der Waals surface area contributed by atoms with Crippen LogP contribution in [0.4, 0.5) is 15.8 Å². The molecule has 0 aliphatic heterocycles. The molecule has 0 aliphatic carbocycles. The average molecular weight is 330 g/mol. The van der Waals surface area contributed by atoms with Crippen molar-refractivity contribution >= 4 is 17.3 Å². The highest BCUT2D eigenvalue weighted by Crippen LogP contribution is 2.11. The fourth-order valence-electron chi connectivity index (χ4n) is 2.00. The van der Waals surface area contributed by atoms with Crippen LogP contribution >= 0.6 is 0 Å². The summed E-state index contributed by atoms with van der Waals surface area (Å²) in [7, 11) is 0. The molecular formula is C14H11FN6O3. The van der Waals surface area contributed by atoms with Gasteiger partial charge in [-0.1, -0.05) is 6.07 Å². The molecule has 0 aliphatic rings. The van der Waals surface area contributed by atoms with Crippen LogP contribution in [0, 0.1) is 15.9 Å². The first-order valence-corrected chi connectivity index (χ1v) is 6.78. The van der Waals surface area contributed by atoms with Crippen molar-refractivity contribution in [2.24, 2.45) is 0 Å². The molecule has 2 heterocycles. The molecule has 1 aromatic carbocycles. The molecule has 0 bridgehead atoms. The van der Waals surface area contributed by atoms with Crippen LogP contribution in [0.1, 0.15) is 10.5 Å². The number of halogens is 1. The van der Waals surface area contributed by atoms with Crippen molar-refractivity contribution in [3.05, 3.63) is 70.5 Å². The lowest BCUT2D eigenvalue weighted by molar-refractivity contribution is -0.385. The summed E-state index contributed by atoms with van der Waals surface area (Å²) in [6.07, 6.45) is 3.92. The fourth-order valence-corrected chi connectivity index (χ4v) is 2.00. The second-order valence-electron chi connectivity index (χ2n) is 4.84. The zero-order chi connectivity index (χ0) is 17.1. The number of hydrogen-bond donors (Lipinski definition) is 1. The predicted molar refractivity (Wildman–Crippen MR) is 80.9 cm³/mol. The number of anilines is 1. The maximum absolute atomic E-state index is 13.1. The third-order valence-electron chi connectivity index (χ3n) is 3.08. The predicted octanol–water partition coefficient (Wildman–Crippen LogP) is 1.88. The Bertz CT molecular complexity index is 903. The summed E-state index contributed by atoms with van der Waals surface area (Å²) >= 11 is 0. The summed E-state index contributed by atoms with van der Waals surface area (Å²) in [5, 5.41) is 21.0. The van der Waals surface area contributed by atoms with E-state index in [2.05, 4.69) is 15.5 Å². The minimum atomic E-state index is -0.551. The summed E-state index contributed by atoms with van der Waals surface area (Å²) < 4.78 is 15.8. The SMILES string of the molecule is O=C(Nc1cccc(F)c1)c1ccn(Cn2cc([N+](=O)[O-])cn2)n1. The molecule has 0 unspecified atom stereocenters. The number of nitro groups is 1. The molecule has 1 N–H and O–H groups in total. The van der Waals surface area contributed by atoms with Gasteiger partial charge in [0, 0.05) is 11.9 Å². The lowest BCUT2D eigenvalue weighted by Crippen LogP contribution is -2.15. The molecule has 0 fully saturated rings. The van der Waals surface area contributed by atoms with E-state index >= 15 is 0 Å². The van der Waals surface area contributed by atoms with E-state index in [9.17, 15) is 19.3 Å². The van der Waals surface area contributed by atoms with Gasteiger partial charge in [0.1, 0.15) is 24.9 Å². The molecule has 3 aromatic rings. The average Bonchev–Trinajstić information content (AvgIpc) is 3.17. The number of amides is 1. The second kappa shape index (κ2) is 6.28. The first-order chi connectivity index (χ1) is 11.5. The van der Waals surface area contributed by atoms with Gasteiger partial charge in [0.25, 0.3) is 5.91 Å². The summed E-state index contributed by atoms with van der Waals surface area (Å²) in [5.41, 5.74) is 0.310. The number of rotatable bonds is 5. The van der Waals surface area contributed by atoms with Crippen LogP contribution < -0.4 is 5.32 Å². The minimum absolute atomic E-state index is 0.112. The van der Waals surface area contributed by atoms with E-state index in [0.717, 1.165) is 6.20 Å². The molecular weight excluding hydrogens is 319 g/mol. The van der Waals surface area contributed by atoms with Crippen molar-refractivity contribution in [1.29, 1.82) is 0 Å². The maximum atomic E-state index is 13.1. The number of nitrogens with one attached hydrogen (secondary N) is 1. The fraction of sp³-hybridized carbons (Fsp3) is 0.0714. The number of benzene rings is 1. The monoisotopic (exact) mass is 330 g/mol. The number of hydrogen-bond acceptors (Lipinski definition) is 5. The van der Waals surface area contributed by atoms with Gasteiger partial charge in [-0.15, -0.1) is 0 Å². The Labute approximate surface area is 134 Å². The molecule has 122 valence electrons. The van der Waals surface area contributed by atoms with E-state index in [0.29, 0.717) is 5.69 Å². The summed E-state index contributed by atoms with van der Waals surface area (Å²) in [4.78, 5) is 22.1. The summed E-state index contributed by atoms with van der Waals surface area (Å²) in [5.74, 6) is -0.954. The molecule has 3 rings (SSSR count). The van der Waals surface area contributed by atoms with Crippen LogP contribution in [0.15, 0.2) is 48.9 Å². The Kier molecular flexibility index (Phi) is 4.01. The van der Waals surface area contributed by atoms with Crippen LogP contribution in [0.3, 0.4) is 0 Å². The highest BCUT2D eigenvalue weighted by molar-refractivity contribution is 6.02. The highest BCUT2D eigenvalue weighted by atomic mass is 19.1. The number of nitrogens with zero attached hydrogens (tertiary/aromatic N) is 5. The largest absolute Gasteiger partial charge is 0.320 e. The quantitative estimate of drug-likeness (QED) is 0.567. The molecule has 0 spiro atoms. The highest BCUT2D eigenvalue weighted by Gasteiger charge is 2.12. The number of carbonyl (C=O) groups excluding carboxylic acids is 1. The van der Waals surface area contributed by atoms with Crippen molar-refractivity contribution in [2.75, 3.05) is 5.32 Å². The van der Waals surface area contributed by atoms with Gasteiger partial charge in [-0.3, -0.25) is 19.6 Å². The van der Waals surface area contributed by atoms with E-state index in [1.54, 1.807) is 6.07 Å². The van der Waals surface area contributed by atoms with Gasteiger partial charge in [-0.2, -0.15) is 10.2 Å². The van der Waals surface area contributed by atoms with Crippen molar-refractivity contribution in [2.45, 2.75) is 6.67 Å². The van der Waals surface area contributed by atoms with Crippen LogP contribution in [0.5, 0.6) is 0 Å². The third kappa shape index (κ3) is 3.43. The van der Waals surface area contributed by atoms with Crippen molar-refractivity contribution in [3.63, 3.8) is 0 Å². The van der Waals surface area contributed by atoms with Gasteiger partial charge >= 0.3 is 5.69 Å². The van der Waals surface area contributed by atoms with Crippen molar-refractivity contribution in [1.82, 2.24) is 19.6 Å². The first-order valence-electron chi connectivity index (χ1n) is 6.78. The molecule has 0 radical (unpaired) electrons.